The van der Waals surface area contributed by atoms with E-state index in [-0.39, 0.29) is 6.04 Å². The number of benzene rings is 3. The highest BCUT2D eigenvalue weighted by Crippen LogP contribution is 2.49. The van der Waals surface area contributed by atoms with E-state index in [0.717, 1.165) is 16.7 Å². The van der Waals surface area contributed by atoms with E-state index < -0.39 is 36.1 Å². The summed E-state index contributed by atoms with van der Waals surface area (Å²) < 4.78 is 25.7. The molecule has 0 amide bonds. The molecule has 0 spiro atoms. The Morgan fingerprint density at radius 3 is 2.00 bits per heavy atom. The largest absolute Gasteiger partial charge is 0.438 e. The molecular formula is C34H39ClN5O6P. The summed E-state index contributed by atoms with van der Waals surface area (Å²) in [6.07, 6.45) is 0.695. The molecule has 0 bridgehead atoms. The van der Waals surface area contributed by atoms with Gasteiger partial charge in [-0.3, -0.25) is 19.2 Å². The zero-order chi connectivity index (χ0) is 33.2. The van der Waals surface area contributed by atoms with E-state index in [4.69, 9.17) is 20.6 Å². The fourth-order valence-corrected chi connectivity index (χ4v) is 7.70. The van der Waals surface area contributed by atoms with Crippen molar-refractivity contribution in [1.29, 1.82) is 0 Å². The normalized spacial score (nSPS) is 22.9. The zero-order valence-electron chi connectivity index (χ0n) is 26.3. The van der Waals surface area contributed by atoms with Crippen LogP contribution in [-0.4, -0.2) is 81.2 Å². The van der Waals surface area contributed by atoms with E-state index in [1.807, 2.05) is 61.6 Å². The first-order valence-corrected chi connectivity index (χ1v) is 18.1. The van der Waals surface area contributed by atoms with Gasteiger partial charge in [0.1, 0.15) is 0 Å². The minimum Gasteiger partial charge on any atom is -0.352 e. The molecule has 248 valence electrons. The van der Waals surface area contributed by atoms with E-state index in [9.17, 15) is 19.0 Å². The average molecular weight is 680 g/mol. The van der Waals surface area contributed by atoms with E-state index >= 15 is 0 Å². The van der Waals surface area contributed by atoms with Crippen LogP contribution in [0.25, 0.3) is 0 Å². The number of aryl methyl sites for hydroxylation is 1. The van der Waals surface area contributed by atoms with Crippen molar-refractivity contribution in [2.75, 3.05) is 39.8 Å². The number of H-pyrrole nitrogens is 1. The van der Waals surface area contributed by atoms with Gasteiger partial charge in [0.2, 0.25) is 0 Å². The van der Waals surface area contributed by atoms with Crippen LogP contribution in [0.4, 0.5) is 0 Å². The van der Waals surface area contributed by atoms with Crippen LogP contribution in [0, 0.1) is 6.92 Å². The maximum absolute atomic E-state index is 13.3. The van der Waals surface area contributed by atoms with Gasteiger partial charge in [0.05, 0.1) is 17.7 Å². The molecule has 3 heterocycles. The van der Waals surface area contributed by atoms with Crippen LogP contribution in [0.15, 0.2) is 107 Å². The molecule has 2 saturated heterocycles. The molecule has 6 rings (SSSR count). The molecule has 11 nitrogen and oxygen atoms in total. The molecule has 1 aromatic heterocycles. The van der Waals surface area contributed by atoms with E-state index in [0.29, 0.717) is 44.7 Å². The van der Waals surface area contributed by atoms with Gasteiger partial charge in [-0.1, -0.05) is 91.0 Å². The van der Waals surface area contributed by atoms with Crippen molar-refractivity contribution >= 4 is 18.2 Å². The summed E-state index contributed by atoms with van der Waals surface area (Å²) in [5.74, 6) is 0. The first-order valence-electron chi connectivity index (χ1n) is 15.6. The second kappa shape index (κ2) is 14.0. The summed E-state index contributed by atoms with van der Waals surface area (Å²) in [6, 6.07) is 30.4. The molecule has 2 aliphatic rings. The second-order valence-corrected chi connectivity index (χ2v) is 14.6. The Morgan fingerprint density at radius 1 is 0.915 bits per heavy atom. The van der Waals surface area contributed by atoms with Gasteiger partial charge < -0.3 is 14.5 Å². The predicted molar refractivity (Wildman–Crippen MR) is 180 cm³/mol. The van der Waals surface area contributed by atoms with Crippen LogP contribution >= 0.6 is 18.2 Å². The first-order chi connectivity index (χ1) is 22.5. The van der Waals surface area contributed by atoms with Gasteiger partial charge in [-0.25, -0.2) is 14.0 Å². The highest BCUT2D eigenvalue weighted by molar-refractivity contribution is 7.80. The van der Waals surface area contributed by atoms with Gasteiger partial charge in [0.25, 0.3) is 5.56 Å². The van der Waals surface area contributed by atoms with Crippen molar-refractivity contribution < 1.29 is 18.8 Å². The number of aromatic amines is 1. The molecule has 2 unspecified atom stereocenters. The van der Waals surface area contributed by atoms with Crippen molar-refractivity contribution in [2.45, 2.75) is 37.3 Å². The van der Waals surface area contributed by atoms with Crippen LogP contribution in [0.1, 0.15) is 34.9 Å². The lowest BCUT2D eigenvalue weighted by Gasteiger charge is -2.51. The Balaban J connectivity index is 1.51. The van der Waals surface area contributed by atoms with Crippen LogP contribution < -0.4 is 11.2 Å². The smallest absolute Gasteiger partial charge is 0.352 e. The number of piperazine rings is 1. The van der Waals surface area contributed by atoms with Gasteiger partial charge in [0, 0.05) is 55.7 Å². The molecule has 13 heteroatoms. The Hall–Kier alpha value is -3.38. The highest BCUT2D eigenvalue weighted by Gasteiger charge is 2.47. The fourth-order valence-electron chi connectivity index (χ4n) is 6.99. The summed E-state index contributed by atoms with van der Waals surface area (Å²) >= 11 is 5.67. The highest BCUT2D eigenvalue weighted by atomic mass is 35.7. The van der Waals surface area contributed by atoms with Crippen molar-refractivity contribution in [1.82, 2.24) is 24.4 Å². The van der Waals surface area contributed by atoms with Gasteiger partial charge in [-0.05, 0) is 37.1 Å². The number of hydrogen-bond acceptors (Lipinski definition) is 8. The summed E-state index contributed by atoms with van der Waals surface area (Å²) in [4.78, 5) is 42.5. The van der Waals surface area contributed by atoms with E-state index in [1.165, 1.54) is 9.63 Å². The van der Waals surface area contributed by atoms with Gasteiger partial charge in [-0.2, -0.15) is 5.06 Å². The Kier molecular flexibility index (Phi) is 9.98. The molecule has 0 saturated carbocycles. The van der Waals surface area contributed by atoms with Gasteiger partial charge in [-0.15, -0.1) is 0 Å². The summed E-state index contributed by atoms with van der Waals surface area (Å²) in [6.45, 7) is -0.390. The number of likely N-dealkylation sites (N-methyl/N-ethyl adjacent to an activating group) is 1. The Labute approximate surface area is 278 Å². The van der Waals surface area contributed by atoms with Crippen LogP contribution in [0.5, 0.6) is 0 Å². The molecule has 3 aromatic carbocycles. The first kappa shape index (κ1) is 33.5. The maximum atomic E-state index is 13.3. The molecule has 2 fully saturated rings. The van der Waals surface area contributed by atoms with Crippen molar-refractivity contribution in [3.8, 4) is 0 Å². The number of morpholine rings is 1. The second-order valence-electron chi connectivity index (χ2n) is 12.2. The van der Waals surface area contributed by atoms with Crippen molar-refractivity contribution in [3.05, 3.63) is 140 Å². The number of hydrogen-bond donors (Lipinski definition) is 2. The lowest BCUT2D eigenvalue weighted by atomic mass is 9.75. The number of nitrogens with one attached hydrogen (secondary N) is 1. The number of ether oxygens (including phenoxy) is 1. The summed E-state index contributed by atoms with van der Waals surface area (Å²) in [5.41, 5.74) is 1.67. The van der Waals surface area contributed by atoms with Crippen LogP contribution in [0.3, 0.4) is 0 Å². The molecule has 0 aliphatic carbocycles. The molecule has 47 heavy (non-hydrogen) atoms. The quantitative estimate of drug-likeness (QED) is 0.197. The Bertz CT molecular complexity index is 1720. The number of nitrogens with zero attached hydrogens (tertiary/aromatic N) is 4. The lowest BCUT2D eigenvalue weighted by Crippen LogP contribution is -2.59. The molecule has 2 N–H and O–H groups in total. The third kappa shape index (κ3) is 7.23. The summed E-state index contributed by atoms with van der Waals surface area (Å²) in [7, 11) is 1.98. The third-order valence-corrected chi connectivity index (χ3v) is 9.62. The molecule has 0 radical (unpaired) electrons. The van der Waals surface area contributed by atoms with E-state index in [1.54, 1.807) is 13.1 Å². The predicted octanol–water partition coefficient (Wildman–Crippen LogP) is 4.31. The Morgan fingerprint density at radius 2 is 1.47 bits per heavy atom. The van der Waals surface area contributed by atoms with Gasteiger partial charge >= 0.3 is 12.6 Å². The average Bonchev–Trinajstić information content (AvgIpc) is 3.05. The van der Waals surface area contributed by atoms with E-state index in [2.05, 4.69) is 51.2 Å². The topological polar surface area (TPSA) is 120 Å². The third-order valence-electron chi connectivity index (χ3n) is 9.03. The summed E-state index contributed by atoms with van der Waals surface area (Å²) in [5, 5.41) is 1.49. The van der Waals surface area contributed by atoms with Crippen LogP contribution in [0.2, 0.25) is 0 Å². The minimum absolute atomic E-state index is 0.304. The molecule has 2 aliphatic heterocycles. The molecule has 4 atom stereocenters. The minimum atomic E-state index is -4.33. The standard InChI is InChI=1S/C34H39ClN5O6P/c1-25-21-39(33(42)36-32(25)41)31-24-38(23-30(45-31)20-29-22-37(2)18-19-40(29)46-47(35,43)44)34(26-12-6-3-7-13-26,27-14-8-4-9-15-27)28-16-10-5-11-17-28/h3-17,21,29-31H,18-20,22-24H2,1-2H3,(H,43,44)(H,36,41,42)/t29?,30-,31+/m0/s1. The molecule has 4 aromatic rings. The number of halogens is 1. The van der Waals surface area contributed by atoms with Crippen molar-refractivity contribution in [3.63, 3.8) is 0 Å². The monoisotopic (exact) mass is 679 g/mol. The van der Waals surface area contributed by atoms with Crippen molar-refractivity contribution in [2.24, 2.45) is 0 Å². The maximum Gasteiger partial charge on any atom is 0.438 e. The lowest BCUT2D eigenvalue weighted by molar-refractivity contribution is -0.173. The number of hydroxylamine groups is 2. The van der Waals surface area contributed by atoms with Crippen LogP contribution in [-0.2, 0) is 19.5 Å². The zero-order valence-corrected chi connectivity index (χ0v) is 28.0. The number of aromatic nitrogens is 2. The molecular weight excluding hydrogens is 641 g/mol. The SMILES string of the molecule is Cc1cn([C@H]2CN(C(c3ccccc3)(c3ccccc3)c3ccccc3)C[C@H](CC3CN(C)CCN3OP(=O)(O)Cl)O2)c(=O)[nH]c1=O. The number of rotatable bonds is 9. The van der Waals surface area contributed by atoms with Gasteiger partial charge in [0.15, 0.2) is 6.23 Å². The fraction of sp³-hybridized carbons (Fsp3) is 0.353.